The molecule has 1 aliphatic rings. The predicted molar refractivity (Wildman–Crippen MR) is 58.1 cm³/mol. The quantitative estimate of drug-likeness (QED) is 0.725. The third kappa shape index (κ3) is 2.72. The number of esters is 1. The van der Waals surface area contributed by atoms with Crippen molar-refractivity contribution in [3.05, 3.63) is 0 Å². The Kier molecular flexibility index (Phi) is 4.73. The largest absolute Gasteiger partial charge is 0.480 e. The zero-order valence-electron chi connectivity index (χ0n) is 9.81. The third-order valence-corrected chi connectivity index (χ3v) is 3.09. The van der Waals surface area contributed by atoms with Gasteiger partial charge < -0.3 is 9.84 Å². The van der Waals surface area contributed by atoms with E-state index >= 15 is 0 Å². The van der Waals surface area contributed by atoms with Crippen molar-refractivity contribution in [3.8, 4) is 0 Å². The van der Waals surface area contributed by atoms with Crippen molar-refractivity contribution in [2.75, 3.05) is 13.7 Å². The molecule has 5 heteroatoms. The number of likely N-dealkylation sites (tertiary alicyclic amines) is 1. The lowest BCUT2D eigenvalue weighted by Gasteiger charge is -2.37. The Balaban J connectivity index is 2.80. The second kappa shape index (κ2) is 5.84. The molecule has 16 heavy (non-hydrogen) atoms. The molecular weight excluding hydrogens is 210 g/mol. The molecule has 0 aromatic rings. The van der Waals surface area contributed by atoms with E-state index in [4.69, 9.17) is 9.84 Å². The number of methoxy groups -OCH3 is 1. The van der Waals surface area contributed by atoms with Crippen molar-refractivity contribution < 1.29 is 19.4 Å². The van der Waals surface area contributed by atoms with E-state index in [1.54, 1.807) is 4.90 Å². The van der Waals surface area contributed by atoms with E-state index in [2.05, 4.69) is 0 Å². The molecule has 1 rings (SSSR count). The summed E-state index contributed by atoms with van der Waals surface area (Å²) in [5.41, 5.74) is 0. The highest BCUT2D eigenvalue weighted by atomic mass is 16.5. The summed E-state index contributed by atoms with van der Waals surface area (Å²) in [5.74, 6) is -1.18. The average molecular weight is 229 g/mol. The Bertz CT molecular complexity index is 267. The van der Waals surface area contributed by atoms with Crippen LogP contribution in [-0.2, 0) is 14.3 Å². The number of rotatable bonds is 4. The fraction of sp³-hybridized carbons (Fsp3) is 0.818. The fourth-order valence-corrected chi connectivity index (χ4v) is 2.27. The molecular formula is C11H19NO4. The number of piperidine rings is 1. The van der Waals surface area contributed by atoms with E-state index < -0.39 is 12.0 Å². The van der Waals surface area contributed by atoms with E-state index in [0.717, 1.165) is 12.8 Å². The summed E-state index contributed by atoms with van der Waals surface area (Å²) in [7, 11) is 1.34. The van der Waals surface area contributed by atoms with Crippen molar-refractivity contribution in [1.29, 1.82) is 0 Å². The molecule has 1 unspecified atom stereocenters. The first-order chi connectivity index (χ1) is 7.61. The Morgan fingerprint density at radius 1 is 1.50 bits per heavy atom. The molecule has 0 aromatic carbocycles. The van der Waals surface area contributed by atoms with Gasteiger partial charge >= 0.3 is 11.9 Å². The lowest BCUT2D eigenvalue weighted by Crippen LogP contribution is -2.53. The highest BCUT2D eigenvalue weighted by Crippen LogP contribution is 2.22. The van der Waals surface area contributed by atoms with E-state index in [0.29, 0.717) is 19.4 Å². The van der Waals surface area contributed by atoms with Gasteiger partial charge in [-0.1, -0.05) is 13.3 Å². The monoisotopic (exact) mass is 229 g/mol. The average Bonchev–Trinajstić information content (AvgIpc) is 2.29. The normalized spacial score (nSPS) is 23.8. The minimum absolute atomic E-state index is 0.320. The molecule has 0 spiro atoms. The molecule has 2 atom stereocenters. The second-order valence-corrected chi connectivity index (χ2v) is 4.03. The Morgan fingerprint density at radius 3 is 2.69 bits per heavy atom. The summed E-state index contributed by atoms with van der Waals surface area (Å²) < 4.78 is 4.72. The maximum absolute atomic E-state index is 11.6. The zero-order valence-corrected chi connectivity index (χ0v) is 9.81. The molecule has 1 fully saturated rings. The van der Waals surface area contributed by atoms with Crippen molar-refractivity contribution >= 4 is 11.9 Å². The van der Waals surface area contributed by atoms with E-state index in [-0.39, 0.29) is 12.0 Å². The number of carbonyl (C=O) groups is 2. The highest BCUT2D eigenvalue weighted by Gasteiger charge is 2.36. The van der Waals surface area contributed by atoms with E-state index in [1.807, 2.05) is 6.92 Å². The lowest BCUT2D eigenvalue weighted by molar-refractivity contribution is -0.154. The fourth-order valence-electron chi connectivity index (χ4n) is 2.27. The Morgan fingerprint density at radius 2 is 2.19 bits per heavy atom. The van der Waals surface area contributed by atoms with Crippen molar-refractivity contribution in [2.24, 2.45) is 0 Å². The van der Waals surface area contributed by atoms with Gasteiger partial charge in [0, 0.05) is 0 Å². The number of ether oxygens (including phenoxy) is 1. The van der Waals surface area contributed by atoms with Crippen LogP contribution in [0.2, 0.25) is 0 Å². The van der Waals surface area contributed by atoms with Gasteiger partial charge in [-0.25, -0.2) is 0 Å². The van der Waals surface area contributed by atoms with Crippen LogP contribution in [0.25, 0.3) is 0 Å². The minimum Gasteiger partial charge on any atom is -0.480 e. The minimum atomic E-state index is -0.863. The Labute approximate surface area is 95.4 Å². The van der Waals surface area contributed by atoms with Gasteiger partial charge in [0.25, 0.3) is 0 Å². The zero-order chi connectivity index (χ0) is 12.1. The smallest absolute Gasteiger partial charge is 0.323 e. The van der Waals surface area contributed by atoms with Crippen molar-refractivity contribution in [3.63, 3.8) is 0 Å². The van der Waals surface area contributed by atoms with Gasteiger partial charge in [0.2, 0.25) is 0 Å². The van der Waals surface area contributed by atoms with Gasteiger partial charge in [-0.2, -0.15) is 0 Å². The number of hydrogen-bond acceptors (Lipinski definition) is 4. The molecule has 1 N–H and O–H groups in total. The molecule has 92 valence electrons. The van der Waals surface area contributed by atoms with Crippen LogP contribution in [0.3, 0.4) is 0 Å². The molecule has 1 aliphatic heterocycles. The molecule has 1 saturated heterocycles. The summed E-state index contributed by atoms with van der Waals surface area (Å²) in [6.07, 6.45) is 3.09. The molecule has 0 bridgehead atoms. The molecule has 0 amide bonds. The summed E-state index contributed by atoms with van der Waals surface area (Å²) >= 11 is 0. The molecule has 0 saturated carbocycles. The topological polar surface area (TPSA) is 66.8 Å². The van der Waals surface area contributed by atoms with Crippen molar-refractivity contribution in [1.82, 2.24) is 4.90 Å². The number of carboxylic acids is 1. The number of aliphatic carboxylic acids is 1. The molecule has 1 heterocycles. The number of nitrogens with zero attached hydrogens (tertiary/aromatic N) is 1. The summed E-state index contributed by atoms with van der Waals surface area (Å²) in [6, 6.07) is -0.968. The van der Waals surface area contributed by atoms with Crippen LogP contribution in [-0.4, -0.2) is 47.7 Å². The molecule has 5 nitrogen and oxygen atoms in total. The third-order valence-electron chi connectivity index (χ3n) is 3.09. The molecule has 0 radical (unpaired) electrons. The first-order valence-electron chi connectivity index (χ1n) is 5.68. The number of carboxylic acid groups (broad SMARTS) is 1. The van der Waals surface area contributed by atoms with E-state index in [1.165, 1.54) is 7.11 Å². The van der Waals surface area contributed by atoms with Crippen LogP contribution >= 0.6 is 0 Å². The second-order valence-electron chi connectivity index (χ2n) is 4.03. The SMILES string of the molecule is CCC(C(=O)O)N1CCCC[C@@H]1C(=O)OC. The summed E-state index contributed by atoms with van der Waals surface area (Å²) in [5, 5.41) is 9.10. The number of carbonyl (C=O) groups excluding carboxylic acids is 1. The van der Waals surface area contributed by atoms with E-state index in [9.17, 15) is 9.59 Å². The maximum Gasteiger partial charge on any atom is 0.323 e. The van der Waals surface area contributed by atoms with Gasteiger partial charge in [0.05, 0.1) is 7.11 Å². The Hall–Kier alpha value is -1.10. The van der Waals surface area contributed by atoms with Crippen molar-refractivity contribution in [2.45, 2.75) is 44.7 Å². The van der Waals surface area contributed by atoms with Gasteiger partial charge in [0.1, 0.15) is 12.1 Å². The van der Waals surface area contributed by atoms with Crippen LogP contribution in [0.5, 0.6) is 0 Å². The van der Waals surface area contributed by atoms with Crippen LogP contribution in [0.4, 0.5) is 0 Å². The molecule has 0 aromatic heterocycles. The maximum atomic E-state index is 11.6. The van der Waals surface area contributed by atoms with Crippen LogP contribution in [0.1, 0.15) is 32.6 Å². The standard InChI is InChI=1S/C11H19NO4/c1-3-8(10(13)14)12-7-5-4-6-9(12)11(15)16-2/h8-9H,3-7H2,1-2H3,(H,13,14)/t8?,9-/m1/s1. The van der Waals surface area contributed by atoms with Gasteiger partial charge in [0.15, 0.2) is 0 Å². The molecule has 0 aliphatic carbocycles. The van der Waals surface area contributed by atoms with Crippen LogP contribution in [0.15, 0.2) is 0 Å². The first kappa shape index (κ1) is 13.0. The lowest BCUT2D eigenvalue weighted by atomic mass is 9.99. The number of hydrogen-bond donors (Lipinski definition) is 1. The van der Waals surface area contributed by atoms with Crippen LogP contribution in [0, 0.1) is 0 Å². The van der Waals surface area contributed by atoms with Crippen LogP contribution < -0.4 is 0 Å². The predicted octanol–water partition coefficient (Wildman–Crippen LogP) is 0.877. The summed E-state index contributed by atoms with van der Waals surface area (Å²) in [6.45, 7) is 2.48. The van der Waals surface area contributed by atoms with Gasteiger partial charge in [-0.15, -0.1) is 0 Å². The van der Waals surface area contributed by atoms with Gasteiger partial charge in [-0.05, 0) is 25.8 Å². The first-order valence-corrected chi connectivity index (χ1v) is 5.68. The highest BCUT2D eigenvalue weighted by molar-refractivity contribution is 5.78. The van der Waals surface area contributed by atoms with Gasteiger partial charge in [-0.3, -0.25) is 14.5 Å². The summed E-state index contributed by atoms with van der Waals surface area (Å²) in [4.78, 5) is 24.4.